The largest absolute Gasteiger partial charge is 0.489 e. The SMILES string of the molecule is CN(CCOc1ccccc1F)C(=O)CCC(=O)c1ccccc1. The quantitative estimate of drug-likeness (QED) is 0.698. The topological polar surface area (TPSA) is 46.6 Å². The molecule has 1 amide bonds. The number of hydrogen-bond donors (Lipinski definition) is 0. The van der Waals surface area contributed by atoms with Crippen molar-refractivity contribution >= 4 is 11.7 Å². The van der Waals surface area contributed by atoms with Crippen molar-refractivity contribution in [1.29, 1.82) is 0 Å². The third kappa shape index (κ3) is 5.19. The monoisotopic (exact) mass is 329 g/mol. The van der Waals surface area contributed by atoms with E-state index in [1.165, 1.54) is 17.0 Å². The number of carbonyl (C=O) groups excluding carboxylic acids is 2. The first-order valence-corrected chi connectivity index (χ1v) is 7.77. The predicted octanol–water partition coefficient (Wildman–Crippen LogP) is 3.33. The van der Waals surface area contributed by atoms with Gasteiger partial charge in [0.05, 0.1) is 6.54 Å². The zero-order valence-corrected chi connectivity index (χ0v) is 13.6. The molecule has 2 aromatic carbocycles. The number of ether oxygens (including phenoxy) is 1. The van der Waals surface area contributed by atoms with Crippen molar-refractivity contribution < 1.29 is 18.7 Å². The number of carbonyl (C=O) groups is 2. The number of hydrogen-bond acceptors (Lipinski definition) is 3. The van der Waals surface area contributed by atoms with Crippen molar-refractivity contribution in [2.75, 3.05) is 20.2 Å². The standard InChI is InChI=1S/C19H20FNO3/c1-21(13-14-24-18-10-6-5-9-16(18)20)19(23)12-11-17(22)15-7-3-2-4-8-15/h2-10H,11-14H2,1H3. The van der Waals surface area contributed by atoms with Gasteiger partial charge in [0, 0.05) is 25.5 Å². The highest BCUT2D eigenvalue weighted by Gasteiger charge is 2.13. The maximum absolute atomic E-state index is 13.4. The minimum absolute atomic E-state index is 0.0556. The molecule has 0 heterocycles. The second-order valence-corrected chi connectivity index (χ2v) is 5.38. The van der Waals surface area contributed by atoms with Crippen LogP contribution in [-0.4, -0.2) is 36.8 Å². The molecule has 5 heteroatoms. The van der Waals surface area contributed by atoms with Crippen LogP contribution < -0.4 is 4.74 Å². The molecule has 0 radical (unpaired) electrons. The van der Waals surface area contributed by atoms with Crippen LogP contribution in [0.4, 0.5) is 4.39 Å². The summed E-state index contributed by atoms with van der Waals surface area (Å²) >= 11 is 0. The first kappa shape index (κ1) is 17.7. The summed E-state index contributed by atoms with van der Waals surface area (Å²) in [6.07, 6.45) is 0.311. The van der Waals surface area contributed by atoms with E-state index >= 15 is 0 Å². The highest BCUT2D eigenvalue weighted by molar-refractivity contribution is 5.97. The van der Waals surface area contributed by atoms with E-state index < -0.39 is 5.82 Å². The van der Waals surface area contributed by atoms with Crippen LogP contribution >= 0.6 is 0 Å². The van der Waals surface area contributed by atoms with Crippen LogP contribution in [0.15, 0.2) is 54.6 Å². The van der Waals surface area contributed by atoms with E-state index in [1.807, 2.05) is 6.07 Å². The third-order valence-electron chi connectivity index (χ3n) is 3.61. The second-order valence-electron chi connectivity index (χ2n) is 5.38. The van der Waals surface area contributed by atoms with Gasteiger partial charge in [0.15, 0.2) is 17.3 Å². The predicted molar refractivity (Wildman–Crippen MR) is 89.5 cm³/mol. The lowest BCUT2D eigenvalue weighted by Crippen LogP contribution is -2.31. The molecule has 0 aliphatic rings. The van der Waals surface area contributed by atoms with E-state index in [1.54, 1.807) is 43.4 Å². The Labute approximate surface area is 140 Å². The Morgan fingerprint density at radius 3 is 2.38 bits per heavy atom. The Kier molecular flexibility index (Phi) is 6.49. The second kappa shape index (κ2) is 8.82. The van der Waals surface area contributed by atoms with Crippen molar-refractivity contribution in [3.8, 4) is 5.75 Å². The highest BCUT2D eigenvalue weighted by atomic mass is 19.1. The van der Waals surface area contributed by atoms with Crippen LogP contribution in [0.1, 0.15) is 23.2 Å². The molecule has 2 aromatic rings. The smallest absolute Gasteiger partial charge is 0.222 e. The van der Waals surface area contributed by atoms with Gasteiger partial charge in [-0.3, -0.25) is 9.59 Å². The number of ketones is 1. The van der Waals surface area contributed by atoms with E-state index in [4.69, 9.17) is 4.74 Å². The lowest BCUT2D eigenvalue weighted by molar-refractivity contribution is -0.130. The van der Waals surface area contributed by atoms with E-state index in [-0.39, 0.29) is 36.9 Å². The summed E-state index contributed by atoms with van der Waals surface area (Å²) in [4.78, 5) is 25.5. The van der Waals surface area contributed by atoms with E-state index in [0.29, 0.717) is 12.1 Å². The maximum Gasteiger partial charge on any atom is 0.222 e. The number of Topliss-reactive ketones (excluding diaryl/α,β-unsaturated/α-hetero) is 1. The summed E-state index contributed by atoms with van der Waals surface area (Å²) in [6, 6.07) is 15.0. The van der Waals surface area contributed by atoms with Gasteiger partial charge in [0.25, 0.3) is 0 Å². The fourth-order valence-electron chi connectivity index (χ4n) is 2.16. The van der Waals surface area contributed by atoms with Gasteiger partial charge in [-0.15, -0.1) is 0 Å². The summed E-state index contributed by atoms with van der Waals surface area (Å²) in [5, 5.41) is 0. The van der Waals surface area contributed by atoms with Crippen molar-refractivity contribution in [2.45, 2.75) is 12.8 Å². The van der Waals surface area contributed by atoms with Gasteiger partial charge in [0.2, 0.25) is 5.91 Å². The number of halogens is 1. The number of benzene rings is 2. The summed E-state index contributed by atoms with van der Waals surface area (Å²) in [7, 11) is 1.64. The Morgan fingerprint density at radius 1 is 1.00 bits per heavy atom. The molecule has 0 atom stereocenters. The molecule has 4 nitrogen and oxygen atoms in total. The summed E-state index contributed by atoms with van der Waals surface area (Å²) in [5.41, 5.74) is 0.607. The third-order valence-corrected chi connectivity index (χ3v) is 3.61. The summed E-state index contributed by atoms with van der Waals surface area (Å²) in [5.74, 6) is -0.464. The molecule has 0 fully saturated rings. The zero-order chi connectivity index (χ0) is 17.4. The first-order chi connectivity index (χ1) is 11.6. The Bertz CT molecular complexity index is 688. The minimum atomic E-state index is -0.431. The van der Waals surface area contributed by atoms with Crippen molar-refractivity contribution in [3.63, 3.8) is 0 Å². The molecule has 0 saturated carbocycles. The average Bonchev–Trinajstić information content (AvgIpc) is 2.61. The van der Waals surface area contributed by atoms with Gasteiger partial charge in [-0.1, -0.05) is 42.5 Å². The number of para-hydroxylation sites is 1. The maximum atomic E-state index is 13.4. The van der Waals surface area contributed by atoms with Gasteiger partial charge in [-0.05, 0) is 12.1 Å². The van der Waals surface area contributed by atoms with Crippen LogP contribution in [0.3, 0.4) is 0 Å². The van der Waals surface area contributed by atoms with Gasteiger partial charge in [-0.25, -0.2) is 4.39 Å². The molecule has 126 valence electrons. The van der Waals surface area contributed by atoms with Crippen molar-refractivity contribution in [3.05, 3.63) is 66.0 Å². The molecule has 0 unspecified atom stereocenters. The van der Waals surface area contributed by atoms with Crippen LogP contribution in [0.25, 0.3) is 0 Å². The van der Waals surface area contributed by atoms with E-state index in [9.17, 15) is 14.0 Å². The van der Waals surface area contributed by atoms with E-state index in [2.05, 4.69) is 0 Å². The molecule has 0 N–H and O–H groups in total. The van der Waals surface area contributed by atoms with Crippen molar-refractivity contribution in [2.24, 2.45) is 0 Å². The molecule has 0 aliphatic heterocycles. The van der Waals surface area contributed by atoms with Gasteiger partial charge < -0.3 is 9.64 Å². The van der Waals surface area contributed by atoms with Crippen LogP contribution in [0.2, 0.25) is 0 Å². The van der Waals surface area contributed by atoms with Gasteiger partial charge >= 0.3 is 0 Å². The fraction of sp³-hybridized carbons (Fsp3) is 0.263. The lowest BCUT2D eigenvalue weighted by atomic mass is 10.1. The summed E-state index contributed by atoms with van der Waals surface area (Å²) < 4.78 is 18.7. The van der Waals surface area contributed by atoms with Gasteiger partial charge in [0.1, 0.15) is 6.61 Å². The van der Waals surface area contributed by atoms with Crippen LogP contribution in [-0.2, 0) is 4.79 Å². The van der Waals surface area contributed by atoms with Crippen LogP contribution in [0.5, 0.6) is 5.75 Å². The summed E-state index contributed by atoms with van der Waals surface area (Å²) in [6.45, 7) is 0.516. The number of rotatable bonds is 8. The molecular weight excluding hydrogens is 309 g/mol. The molecule has 0 aromatic heterocycles. The number of amides is 1. The minimum Gasteiger partial charge on any atom is -0.489 e. The molecular formula is C19H20FNO3. The molecule has 0 aliphatic carbocycles. The molecule has 2 rings (SSSR count). The van der Waals surface area contributed by atoms with Crippen LogP contribution in [0, 0.1) is 5.82 Å². The molecule has 24 heavy (non-hydrogen) atoms. The van der Waals surface area contributed by atoms with E-state index in [0.717, 1.165) is 0 Å². The first-order valence-electron chi connectivity index (χ1n) is 7.77. The number of likely N-dealkylation sites (N-methyl/N-ethyl adjacent to an activating group) is 1. The molecule has 0 saturated heterocycles. The Morgan fingerprint density at radius 2 is 1.67 bits per heavy atom. The zero-order valence-electron chi connectivity index (χ0n) is 13.6. The van der Waals surface area contributed by atoms with Gasteiger partial charge in [-0.2, -0.15) is 0 Å². The highest BCUT2D eigenvalue weighted by Crippen LogP contribution is 2.15. The fourth-order valence-corrected chi connectivity index (χ4v) is 2.16. The Hall–Kier alpha value is -2.69. The molecule has 0 spiro atoms. The molecule has 0 bridgehead atoms. The number of nitrogens with zero attached hydrogens (tertiary/aromatic N) is 1. The average molecular weight is 329 g/mol. The lowest BCUT2D eigenvalue weighted by Gasteiger charge is -2.17. The Balaban J connectivity index is 1.72. The van der Waals surface area contributed by atoms with Crippen molar-refractivity contribution in [1.82, 2.24) is 4.90 Å². The normalized spacial score (nSPS) is 10.2.